The van der Waals surface area contributed by atoms with Crippen LogP contribution in [0.3, 0.4) is 0 Å². The van der Waals surface area contributed by atoms with Crippen molar-refractivity contribution in [1.82, 2.24) is 0 Å². The Labute approximate surface area is 76.9 Å². The molecule has 0 atom stereocenters. The lowest BCUT2D eigenvalue weighted by molar-refractivity contribution is -0.938. The lowest BCUT2D eigenvalue weighted by Gasteiger charge is -2.10. The summed E-state index contributed by atoms with van der Waals surface area (Å²) >= 11 is 0. The monoisotopic (exact) mass is 180 g/mol. The van der Waals surface area contributed by atoms with E-state index >= 15 is 0 Å². The van der Waals surface area contributed by atoms with E-state index < -0.39 is 5.60 Å². The van der Waals surface area contributed by atoms with Crippen molar-refractivity contribution in [2.45, 2.75) is 19.4 Å². The van der Waals surface area contributed by atoms with Gasteiger partial charge in [-0.3, -0.25) is 0 Å². The highest BCUT2D eigenvalue weighted by Gasteiger charge is 2.33. The van der Waals surface area contributed by atoms with Gasteiger partial charge in [0.15, 0.2) is 5.60 Å². The number of rotatable bonds is 2. The van der Waals surface area contributed by atoms with E-state index in [-0.39, 0.29) is 5.78 Å². The molecule has 0 aliphatic rings. The van der Waals surface area contributed by atoms with Gasteiger partial charge in [0.1, 0.15) is 0 Å². The molecule has 0 amide bonds. The van der Waals surface area contributed by atoms with Gasteiger partial charge in [0.25, 0.3) is 0 Å². The molecule has 1 N–H and O–H groups in total. The number of hydrogen-bond acceptors (Lipinski definition) is 2. The lowest BCUT2D eigenvalue weighted by atomic mass is 9.97. The second-order valence-corrected chi connectivity index (χ2v) is 3.34. The summed E-state index contributed by atoms with van der Waals surface area (Å²) in [4.78, 5) is 0. The second kappa shape index (κ2) is 3.58. The summed E-state index contributed by atoms with van der Waals surface area (Å²) in [6.07, 6.45) is 0. The van der Waals surface area contributed by atoms with E-state index in [1.807, 2.05) is 6.07 Å². The fraction of sp³-hybridized carbons (Fsp3) is 0.300. The number of aliphatic hydroxyl groups is 1. The van der Waals surface area contributed by atoms with E-state index in [9.17, 15) is 10.4 Å². The fourth-order valence-corrected chi connectivity index (χ4v) is 1.09. The molecule has 1 aromatic rings. The maximum Gasteiger partial charge on any atom is 0.390 e. The van der Waals surface area contributed by atoms with Gasteiger partial charge in [-0.05, 0) is 26.0 Å². The molecular formula is C10H12O3. The molecule has 0 radical (unpaired) electrons. The molecule has 0 aliphatic carbocycles. The van der Waals surface area contributed by atoms with Crippen molar-refractivity contribution in [3.8, 4) is 0 Å². The molecule has 0 saturated heterocycles. The molecular weight excluding hydrogens is 168 g/mol. The van der Waals surface area contributed by atoms with Gasteiger partial charge in [0, 0.05) is 0 Å². The van der Waals surface area contributed by atoms with E-state index in [2.05, 4.69) is 4.58 Å². The Morgan fingerprint density at radius 3 is 2.23 bits per heavy atom. The zero-order chi connectivity index (χ0) is 9.90. The molecule has 1 aromatic carbocycles. The van der Waals surface area contributed by atoms with Gasteiger partial charge in [-0.15, -0.1) is 0 Å². The van der Waals surface area contributed by atoms with Gasteiger partial charge in [-0.1, -0.05) is 18.2 Å². The van der Waals surface area contributed by atoms with Crippen molar-refractivity contribution in [1.29, 1.82) is 0 Å². The molecule has 0 heterocycles. The normalized spacial score (nSPS) is 13.0. The average Bonchev–Trinajstić information content (AvgIpc) is 2.05. The third kappa shape index (κ3) is 2.29. The minimum absolute atomic E-state index is 0.0353. The van der Waals surface area contributed by atoms with Crippen LogP contribution in [-0.4, -0.2) is 16.5 Å². The summed E-state index contributed by atoms with van der Waals surface area (Å²) in [5.41, 5.74) is -0.645. The molecule has 13 heavy (non-hydrogen) atoms. The van der Waals surface area contributed by atoms with Crippen LogP contribution in [0, 0.1) is 0 Å². The van der Waals surface area contributed by atoms with Crippen molar-refractivity contribution in [3.63, 3.8) is 0 Å². The SMILES string of the molecule is CC(C)(O)C(=[O+][O-])c1ccccc1. The van der Waals surface area contributed by atoms with E-state index in [0.29, 0.717) is 5.56 Å². The summed E-state index contributed by atoms with van der Waals surface area (Å²) in [6, 6.07) is 8.81. The van der Waals surface area contributed by atoms with Crippen LogP contribution in [0.2, 0.25) is 0 Å². The van der Waals surface area contributed by atoms with Crippen LogP contribution in [0.5, 0.6) is 0 Å². The van der Waals surface area contributed by atoms with Gasteiger partial charge >= 0.3 is 5.78 Å². The van der Waals surface area contributed by atoms with Crippen molar-refractivity contribution in [2.24, 2.45) is 0 Å². The molecule has 0 bridgehead atoms. The van der Waals surface area contributed by atoms with Crippen LogP contribution < -0.4 is 5.26 Å². The van der Waals surface area contributed by atoms with Gasteiger partial charge < -0.3 is 10.4 Å². The summed E-state index contributed by atoms with van der Waals surface area (Å²) in [5.74, 6) is 0.0353. The highest BCUT2D eigenvalue weighted by atomic mass is 17.1. The van der Waals surface area contributed by atoms with Crippen LogP contribution in [0.4, 0.5) is 0 Å². The standard InChI is InChI=1S/C10H12O3/c1-10(2,11)9(13-12)8-6-4-3-5-7-8/h3-7,11H,1-2H3. The molecule has 0 unspecified atom stereocenters. The first-order chi connectivity index (χ1) is 6.05. The maximum atomic E-state index is 10.4. The van der Waals surface area contributed by atoms with Crippen molar-refractivity contribution in [3.05, 3.63) is 35.9 Å². The topological polar surface area (TPSA) is 54.6 Å². The molecule has 0 spiro atoms. The third-order valence-corrected chi connectivity index (χ3v) is 1.67. The first kappa shape index (κ1) is 9.74. The number of hydrogen-bond donors (Lipinski definition) is 1. The van der Waals surface area contributed by atoms with Gasteiger partial charge in [0.05, 0.1) is 5.56 Å². The minimum atomic E-state index is -1.25. The minimum Gasteiger partial charge on any atom is -0.462 e. The van der Waals surface area contributed by atoms with Crippen LogP contribution in [0.25, 0.3) is 0 Å². The van der Waals surface area contributed by atoms with Crippen LogP contribution in [0.15, 0.2) is 30.3 Å². The van der Waals surface area contributed by atoms with Crippen LogP contribution in [-0.2, 0) is 0 Å². The van der Waals surface area contributed by atoms with Crippen molar-refractivity contribution in [2.75, 3.05) is 0 Å². The summed E-state index contributed by atoms with van der Waals surface area (Å²) < 4.78 is 3.92. The van der Waals surface area contributed by atoms with Gasteiger partial charge in [-0.25, -0.2) is 0 Å². The van der Waals surface area contributed by atoms with Crippen molar-refractivity contribution >= 4 is 5.78 Å². The largest absolute Gasteiger partial charge is 0.462 e. The molecule has 0 aromatic heterocycles. The van der Waals surface area contributed by atoms with E-state index in [0.717, 1.165) is 0 Å². The molecule has 3 nitrogen and oxygen atoms in total. The molecule has 0 saturated carbocycles. The molecule has 70 valence electrons. The zero-order valence-electron chi connectivity index (χ0n) is 7.65. The quantitative estimate of drug-likeness (QED) is 0.311. The van der Waals surface area contributed by atoms with Gasteiger partial charge in [0.2, 0.25) is 0 Å². The third-order valence-electron chi connectivity index (χ3n) is 1.67. The lowest BCUT2D eigenvalue weighted by Crippen LogP contribution is -2.33. The second-order valence-electron chi connectivity index (χ2n) is 3.34. The zero-order valence-corrected chi connectivity index (χ0v) is 7.65. The Hall–Kier alpha value is -1.35. The predicted molar refractivity (Wildman–Crippen MR) is 47.1 cm³/mol. The summed E-state index contributed by atoms with van der Waals surface area (Å²) in [6.45, 7) is 3.01. The first-order valence-corrected chi connectivity index (χ1v) is 4.01. The van der Waals surface area contributed by atoms with Crippen LogP contribution in [0.1, 0.15) is 24.0 Å². The van der Waals surface area contributed by atoms with E-state index in [4.69, 9.17) is 0 Å². The number of carbonyl (C=O) groups excluding carboxylic acids is 1. The molecule has 0 aliphatic heterocycles. The highest BCUT2D eigenvalue weighted by molar-refractivity contribution is 6.01. The molecule has 3 heteroatoms. The number of ketones is 1. The smallest absolute Gasteiger partial charge is 0.390 e. The Bertz CT molecular complexity index is 296. The first-order valence-electron chi connectivity index (χ1n) is 4.01. The Morgan fingerprint density at radius 2 is 1.85 bits per heavy atom. The van der Waals surface area contributed by atoms with Gasteiger partial charge in [-0.2, -0.15) is 4.58 Å². The van der Waals surface area contributed by atoms with Crippen LogP contribution >= 0.6 is 0 Å². The molecule has 1 rings (SSSR count). The Morgan fingerprint density at radius 1 is 1.31 bits per heavy atom. The molecule has 0 fully saturated rings. The highest BCUT2D eigenvalue weighted by Crippen LogP contribution is 2.12. The maximum absolute atomic E-state index is 10.4. The summed E-state index contributed by atoms with van der Waals surface area (Å²) in [7, 11) is 0. The van der Waals surface area contributed by atoms with E-state index in [1.165, 1.54) is 13.8 Å². The Balaban J connectivity index is 3.08. The van der Waals surface area contributed by atoms with Crippen molar-refractivity contribution < 1.29 is 14.9 Å². The predicted octanol–water partition coefficient (Wildman–Crippen LogP) is 0.451. The van der Waals surface area contributed by atoms with E-state index in [1.54, 1.807) is 24.3 Å². The number of benzene rings is 1. The average molecular weight is 180 g/mol. The summed E-state index contributed by atoms with van der Waals surface area (Å²) in [5, 5.41) is 19.9. The fourth-order valence-electron chi connectivity index (χ4n) is 1.09. The Kier molecular flexibility index (Phi) is 2.68.